The molecule has 0 spiro atoms. The maximum Gasteiger partial charge on any atom is 0.164 e. The van der Waals surface area contributed by atoms with Crippen molar-refractivity contribution in [3.63, 3.8) is 0 Å². The van der Waals surface area contributed by atoms with Gasteiger partial charge in [-0.1, -0.05) is 60.7 Å². The smallest absolute Gasteiger partial charge is 0.164 e. The molecule has 154 valence electrons. The van der Waals surface area contributed by atoms with Gasteiger partial charge >= 0.3 is 0 Å². The van der Waals surface area contributed by atoms with Gasteiger partial charge in [0.1, 0.15) is 15.8 Å². The summed E-state index contributed by atoms with van der Waals surface area (Å²) in [7, 11) is 0. The van der Waals surface area contributed by atoms with E-state index < -0.39 is 0 Å². The Labute approximate surface area is 193 Å². The molecule has 5 aromatic rings. The van der Waals surface area contributed by atoms with Crippen LogP contribution in [0.4, 0.5) is 5.82 Å². The highest BCUT2D eigenvalue weighted by Gasteiger charge is 2.20. The van der Waals surface area contributed by atoms with E-state index in [0.717, 1.165) is 37.2 Å². The molecule has 0 atom stereocenters. The maximum atomic E-state index is 6.08. The summed E-state index contributed by atoms with van der Waals surface area (Å²) in [6.45, 7) is 3.28. The lowest BCUT2D eigenvalue weighted by Gasteiger charge is -2.11. The van der Waals surface area contributed by atoms with E-state index in [4.69, 9.17) is 15.9 Å². The summed E-state index contributed by atoms with van der Waals surface area (Å²) < 4.78 is 4.76. The van der Waals surface area contributed by atoms with Crippen LogP contribution in [0.2, 0.25) is 0 Å². The molecule has 2 N–H and O–H groups in total. The number of aryl methyl sites for hydroxylation is 1. The predicted molar refractivity (Wildman–Crippen MR) is 129 cm³/mol. The minimum absolute atomic E-state index is 0.445. The number of halogens is 1. The van der Waals surface area contributed by atoms with Gasteiger partial charge in [0, 0.05) is 11.1 Å². The molecule has 7 nitrogen and oxygen atoms in total. The molecule has 0 fully saturated rings. The van der Waals surface area contributed by atoms with Crippen molar-refractivity contribution in [2.45, 2.75) is 20.0 Å². The minimum Gasteiger partial charge on any atom is -0.383 e. The molecule has 0 aliphatic rings. The van der Waals surface area contributed by atoms with Crippen LogP contribution in [0, 0.1) is 10.6 Å². The summed E-state index contributed by atoms with van der Waals surface area (Å²) in [6.07, 6.45) is 1.48. The van der Waals surface area contributed by atoms with E-state index in [1.807, 2.05) is 23.7 Å². The van der Waals surface area contributed by atoms with E-state index in [1.54, 1.807) is 0 Å². The number of hydrogen-bond acceptors (Lipinski definition) is 5. The molecule has 0 aliphatic carbocycles. The third kappa shape index (κ3) is 3.67. The topological polar surface area (TPSA) is 87.4 Å². The first-order valence-electron chi connectivity index (χ1n) is 9.90. The van der Waals surface area contributed by atoms with Crippen molar-refractivity contribution >= 4 is 39.4 Å². The first kappa shape index (κ1) is 19.7. The van der Waals surface area contributed by atoms with Crippen molar-refractivity contribution in [1.82, 2.24) is 29.5 Å². The van der Waals surface area contributed by atoms with E-state index in [-0.39, 0.29) is 0 Å². The van der Waals surface area contributed by atoms with E-state index >= 15 is 0 Å². The Morgan fingerprint density at radius 1 is 0.871 bits per heavy atom. The highest BCUT2D eigenvalue weighted by atomic mass is 127. The van der Waals surface area contributed by atoms with Gasteiger partial charge in [-0.3, -0.25) is 4.68 Å². The number of aromatic nitrogens is 6. The van der Waals surface area contributed by atoms with E-state index in [1.165, 1.54) is 11.9 Å². The Kier molecular flexibility index (Phi) is 5.14. The number of benzene rings is 2. The second kappa shape index (κ2) is 8.10. The van der Waals surface area contributed by atoms with Crippen molar-refractivity contribution in [2.24, 2.45) is 0 Å². The normalized spacial score (nSPS) is 11.3. The van der Waals surface area contributed by atoms with Crippen molar-refractivity contribution in [3.8, 4) is 11.3 Å². The molecule has 8 heteroatoms. The molecule has 2 aromatic carbocycles. The van der Waals surface area contributed by atoms with Gasteiger partial charge in [-0.25, -0.2) is 14.6 Å². The summed E-state index contributed by atoms with van der Waals surface area (Å²) >= 11 is 2.18. The Bertz CT molecular complexity index is 1360. The monoisotopic (exact) mass is 521 g/mol. The molecule has 5 rings (SSSR count). The molecular formula is C23H20IN7. The summed E-state index contributed by atoms with van der Waals surface area (Å²) in [5.41, 5.74) is 12.3. The molecule has 0 aliphatic heterocycles. The average Bonchev–Trinajstić information content (AvgIpc) is 3.26. The zero-order valence-electron chi connectivity index (χ0n) is 16.9. The van der Waals surface area contributed by atoms with Gasteiger partial charge in [-0.05, 0) is 35.1 Å². The van der Waals surface area contributed by atoms with E-state index in [2.05, 4.69) is 85.8 Å². The largest absolute Gasteiger partial charge is 0.383 e. The molecule has 0 amide bonds. The number of anilines is 1. The summed E-state index contributed by atoms with van der Waals surface area (Å²) in [4.78, 5) is 8.56. The Morgan fingerprint density at radius 3 is 2.32 bits per heavy atom. The standard InChI is InChI=1S/C23H20IN7/c1-15-18(13-31-23-19(21(24)29-31)22(25)26-14-27-23)20(17-10-6-3-7-11-17)30(28-15)12-16-8-4-2-5-9-16/h2-11,14H,12-13H2,1H3,(H2,25,26,27). The molecule has 0 unspecified atom stereocenters. The van der Waals surface area contributed by atoms with Crippen molar-refractivity contribution < 1.29 is 0 Å². The molecule has 0 radical (unpaired) electrons. The van der Waals surface area contributed by atoms with Crippen LogP contribution in [-0.2, 0) is 13.1 Å². The van der Waals surface area contributed by atoms with Crippen LogP contribution in [-0.4, -0.2) is 29.5 Å². The molecular weight excluding hydrogens is 501 g/mol. The maximum absolute atomic E-state index is 6.08. The van der Waals surface area contributed by atoms with Crippen LogP contribution >= 0.6 is 22.6 Å². The third-order valence-electron chi connectivity index (χ3n) is 5.30. The van der Waals surface area contributed by atoms with Gasteiger partial charge in [0.2, 0.25) is 0 Å². The molecule has 3 heterocycles. The van der Waals surface area contributed by atoms with E-state index in [9.17, 15) is 0 Å². The quantitative estimate of drug-likeness (QED) is 0.349. The molecule has 0 saturated carbocycles. The van der Waals surface area contributed by atoms with Gasteiger partial charge in [-0.15, -0.1) is 0 Å². The number of rotatable bonds is 5. The fraction of sp³-hybridized carbons (Fsp3) is 0.130. The van der Waals surface area contributed by atoms with Crippen LogP contribution in [0.15, 0.2) is 67.0 Å². The highest BCUT2D eigenvalue weighted by molar-refractivity contribution is 14.1. The lowest BCUT2D eigenvalue weighted by atomic mass is 10.1. The fourth-order valence-electron chi connectivity index (χ4n) is 3.84. The number of nitrogens with zero attached hydrogens (tertiary/aromatic N) is 6. The summed E-state index contributed by atoms with van der Waals surface area (Å²) in [6, 6.07) is 20.7. The highest BCUT2D eigenvalue weighted by Crippen LogP contribution is 2.30. The lowest BCUT2D eigenvalue weighted by molar-refractivity contribution is 0.684. The third-order valence-corrected chi connectivity index (χ3v) is 6.05. The Balaban J connectivity index is 1.65. The van der Waals surface area contributed by atoms with Crippen molar-refractivity contribution in [1.29, 1.82) is 0 Å². The first-order valence-corrected chi connectivity index (χ1v) is 11.0. The van der Waals surface area contributed by atoms with Crippen LogP contribution in [0.3, 0.4) is 0 Å². The van der Waals surface area contributed by atoms with E-state index in [0.29, 0.717) is 18.9 Å². The minimum atomic E-state index is 0.445. The van der Waals surface area contributed by atoms with Crippen molar-refractivity contribution in [3.05, 3.63) is 87.5 Å². The molecule has 31 heavy (non-hydrogen) atoms. The van der Waals surface area contributed by atoms with Crippen molar-refractivity contribution in [2.75, 3.05) is 5.73 Å². The zero-order valence-corrected chi connectivity index (χ0v) is 19.1. The van der Waals surface area contributed by atoms with Gasteiger partial charge in [0.05, 0.1) is 29.9 Å². The van der Waals surface area contributed by atoms with Gasteiger partial charge in [0.25, 0.3) is 0 Å². The number of hydrogen-bond donors (Lipinski definition) is 1. The second-order valence-corrected chi connectivity index (χ2v) is 8.35. The summed E-state index contributed by atoms with van der Waals surface area (Å²) in [5, 5.41) is 10.4. The first-order chi connectivity index (χ1) is 15.1. The fourth-order valence-corrected chi connectivity index (χ4v) is 4.62. The van der Waals surface area contributed by atoms with Gasteiger partial charge in [-0.2, -0.15) is 10.2 Å². The SMILES string of the molecule is Cc1nn(Cc2ccccc2)c(-c2ccccc2)c1Cn1nc(I)c2c(N)ncnc21. The van der Waals surface area contributed by atoms with Crippen LogP contribution in [0.25, 0.3) is 22.3 Å². The van der Waals surface area contributed by atoms with Crippen LogP contribution < -0.4 is 5.73 Å². The number of nitrogens with two attached hydrogens (primary N) is 1. The van der Waals surface area contributed by atoms with Gasteiger partial charge in [0.15, 0.2) is 5.65 Å². The Morgan fingerprint density at radius 2 is 1.58 bits per heavy atom. The number of nitrogen functional groups attached to an aromatic ring is 1. The van der Waals surface area contributed by atoms with Gasteiger partial charge < -0.3 is 5.73 Å². The molecule has 0 saturated heterocycles. The molecule has 3 aromatic heterocycles. The number of fused-ring (bicyclic) bond motifs is 1. The lowest BCUT2D eigenvalue weighted by Crippen LogP contribution is -2.07. The van der Waals surface area contributed by atoms with Crippen LogP contribution in [0.5, 0.6) is 0 Å². The average molecular weight is 521 g/mol. The summed E-state index contributed by atoms with van der Waals surface area (Å²) in [5.74, 6) is 0.445. The second-order valence-electron chi connectivity index (χ2n) is 7.33. The Hall–Kier alpha value is -3.27. The zero-order chi connectivity index (χ0) is 21.4. The molecule has 0 bridgehead atoms. The van der Waals surface area contributed by atoms with Crippen LogP contribution in [0.1, 0.15) is 16.8 Å². The predicted octanol–water partition coefficient (Wildman–Crippen LogP) is 4.28.